The van der Waals surface area contributed by atoms with E-state index in [1.54, 1.807) is 0 Å². The van der Waals surface area contributed by atoms with Crippen LogP contribution in [0.3, 0.4) is 0 Å². The summed E-state index contributed by atoms with van der Waals surface area (Å²) < 4.78 is 0. The zero-order chi connectivity index (χ0) is 10.2. The second kappa shape index (κ2) is 3.26. The number of rotatable bonds is 2. The standard InChI is InChI=1S/C11H16N2O/c1-13(2)10-5-3-9(4-6-10)11(14)7-12-8-11/h3-6,12,14H,7-8H2,1-2H3. The van der Waals surface area contributed by atoms with Gasteiger partial charge < -0.3 is 15.3 Å². The van der Waals surface area contributed by atoms with Crippen LogP contribution in [0.25, 0.3) is 0 Å². The Morgan fingerprint density at radius 3 is 2.14 bits per heavy atom. The van der Waals surface area contributed by atoms with Gasteiger partial charge in [0.05, 0.1) is 0 Å². The molecule has 1 fully saturated rings. The molecule has 1 aliphatic rings. The first kappa shape index (κ1) is 9.49. The molecule has 0 saturated carbocycles. The summed E-state index contributed by atoms with van der Waals surface area (Å²) in [6.45, 7) is 1.32. The Labute approximate surface area is 84.4 Å². The molecule has 1 aromatic carbocycles. The third kappa shape index (κ3) is 1.49. The van der Waals surface area contributed by atoms with E-state index >= 15 is 0 Å². The summed E-state index contributed by atoms with van der Waals surface area (Å²) in [5.74, 6) is 0. The molecule has 14 heavy (non-hydrogen) atoms. The average molecular weight is 192 g/mol. The van der Waals surface area contributed by atoms with E-state index in [4.69, 9.17) is 0 Å². The lowest BCUT2D eigenvalue weighted by molar-refractivity contribution is -0.0146. The van der Waals surface area contributed by atoms with Gasteiger partial charge in [0.15, 0.2) is 0 Å². The second-order valence-electron chi connectivity index (χ2n) is 4.08. The zero-order valence-electron chi connectivity index (χ0n) is 8.62. The van der Waals surface area contributed by atoms with Gasteiger partial charge >= 0.3 is 0 Å². The van der Waals surface area contributed by atoms with Crippen LogP contribution in [0.4, 0.5) is 5.69 Å². The minimum atomic E-state index is -0.634. The van der Waals surface area contributed by atoms with E-state index in [1.165, 1.54) is 0 Å². The van der Waals surface area contributed by atoms with Crippen molar-refractivity contribution in [2.45, 2.75) is 5.60 Å². The second-order valence-corrected chi connectivity index (χ2v) is 4.08. The van der Waals surface area contributed by atoms with Crippen LogP contribution in [-0.4, -0.2) is 32.3 Å². The maximum atomic E-state index is 10.0. The third-order valence-electron chi connectivity index (χ3n) is 2.76. The molecule has 0 aromatic heterocycles. The summed E-state index contributed by atoms with van der Waals surface area (Å²) >= 11 is 0. The van der Waals surface area contributed by atoms with E-state index in [0.717, 1.165) is 11.3 Å². The van der Waals surface area contributed by atoms with Crippen molar-refractivity contribution in [3.05, 3.63) is 29.8 Å². The Hall–Kier alpha value is -1.06. The zero-order valence-corrected chi connectivity index (χ0v) is 8.62. The number of hydrogen-bond donors (Lipinski definition) is 2. The Bertz CT molecular complexity index is 315. The van der Waals surface area contributed by atoms with Gasteiger partial charge in [-0.3, -0.25) is 0 Å². The Morgan fingerprint density at radius 1 is 1.21 bits per heavy atom. The van der Waals surface area contributed by atoms with Crippen molar-refractivity contribution in [3.8, 4) is 0 Å². The Balaban J connectivity index is 2.21. The molecule has 3 nitrogen and oxygen atoms in total. The predicted octanol–water partition coefficient (Wildman–Crippen LogP) is 0.543. The van der Waals surface area contributed by atoms with Crippen LogP contribution >= 0.6 is 0 Å². The maximum Gasteiger partial charge on any atom is 0.114 e. The maximum absolute atomic E-state index is 10.0. The first-order valence-corrected chi connectivity index (χ1v) is 4.83. The number of β-amino-alcohol motifs (C(OH)–C–C–N with tert-alkyl or cyclic N) is 1. The summed E-state index contributed by atoms with van der Waals surface area (Å²) in [6.07, 6.45) is 0. The van der Waals surface area contributed by atoms with Crippen molar-refractivity contribution in [3.63, 3.8) is 0 Å². The van der Waals surface area contributed by atoms with Gasteiger partial charge in [-0.15, -0.1) is 0 Å². The minimum Gasteiger partial charge on any atom is -0.382 e. The van der Waals surface area contributed by atoms with Gasteiger partial charge in [0.2, 0.25) is 0 Å². The molecule has 1 saturated heterocycles. The van der Waals surface area contributed by atoms with Crippen LogP contribution in [0.2, 0.25) is 0 Å². The molecular formula is C11H16N2O. The fourth-order valence-corrected chi connectivity index (χ4v) is 1.64. The highest BCUT2D eigenvalue weighted by atomic mass is 16.3. The molecule has 0 unspecified atom stereocenters. The van der Waals surface area contributed by atoms with Gasteiger partial charge in [0, 0.05) is 32.9 Å². The number of nitrogens with zero attached hydrogens (tertiary/aromatic N) is 1. The third-order valence-corrected chi connectivity index (χ3v) is 2.76. The van der Waals surface area contributed by atoms with E-state index < -0.39 is 5.60 Å². The molecule has 0 amide bonds. The van der Waals surface area contributed by atoms with E-state index in [1.807, 2.05) is 43.3 Å². The summed E-state index contributed by atoms with van der Waals surface area (Å²) in [4.78, 5) is 2.05. The topological polar surface area (TPSA) is 35.5 Å². The molecule has 3 heteroatoms. The molecule has 2 N–H and O–H groups in total. The van der Waals surface area contributed by atoms with Gasteiger partial charge in [-0.2, -0.15) is 0 Å². The van der Waals surface area contributed by atoms with E-state index in [9.17, 15) is 5.11 Å². The smallest absolute Gasteiger partial charge is 0.114 e. The highest BCUT2D eigenvalue weighted by Gasteiger charge is 2.35. The van der Waals surface area contributed by atoms with Crippen LogP contribution < -0.4 is 10.2 Å². The fourth-order valence-electron chi connectivity index (χ4n) is 1.64. The summed E-state index contributed by atoms with van der Waals surface area (Å²) in [7, 11) is 4.02. The molecule has 1 aliphatic heterocycles. The summed E-state index contributed by atoms with van der Waals surface area (Å²) in [5.41, 5.74) is 1.52. The lowest BCUT2D eigenvalue weighted by Crippen LogP contribution is -2.56. The van der Waals surface area contributed by atoms with Gasteiger partial charge in [-0.05, 0) is 17.7 Å². The minimum absolute atomic E-state index is 0.634. The van der Waals surface area contributed by atoms with Crippen LogP contribution in [0.5, 0.6) is 0 Å². The molecular weight excluding hydrogens is 176 g/mol. The monoisotopic (exact) mass is 192 g/mol. The van der Waals surface area contributed by atoms with E-state index in [2.05, 4.69) is 5.32 Å². The van der Waals surface area contributed by atoms with Crippen LogP contribution in [-0.2, 0) is 5.60 Å². The molecule has 2 rings (SSSR count). The van der Waals surface area contributed by atoms with E-state index in [-0.39, 0.29) is 0 Å². The molecule has 76 valence electrons. The normalized spacial score (nSPS) is 18.8. The van der Waals surface area contributed by atoms with Crippen molar-refractivity contribution in [2.24, 2.45) is 0 Å². The van der Waals surface area contributed by atoms with Gasteiger partial charge in [0.1, 0.15) is 5.60 Å². The van der Waals surface area contributed by atoms with Crippen molar-refractivity contribution in [2.75, 3.05) is 32.1 Å². The quantitative estimate of drug-likeness (QED) is 0.718. The first-order valence-electron chi connectivity index (χ1n) is 4.83. The summed E-state index contributed by atoms with van der Waals surface area (Å²) in [6, 6.07) is 8.06. The van der Waals surface area contributed by atoms with E-state index in [0.29, 0.717) is 13.1 Å². The van der Waals surface area contributed by atoms with Crippen molar-refractivity contribution >= 4 is 5.69 Å². The highest BCUT2D eigenvalue weighted by Crippen LogP contribution is 2.26. The largest absolute Gasteiger partial charge is 0.382 e. The van der Waals surface area contributed by atoms with Crippen molar-refractivity contribution in [1.82, 2.24) is 5.32 Å². The van der Waals surface area contributed by atoms with Crippen LogP contribution in [0.15, 0.2) is 24.3 Å². The lowest BCUT2D eigenvalue weighted by atomic mass is 9.88. The Morgan fingerprint density at radius 2 is 1.79 bits per heavy atom. The number of hydrogen-bond acceptors (Lipinski definition) is 3. The number of anilines is 1. The molecule has 0 radical (unpaired) electrons. The molecule has 1 heterocycles. The number of aliphatic hydroxyl groups is 1. The van der Waals surface area contributed by atoms with Gasteiger partial charge in [-0.25, -0.2) is 0 Å². The molecule has 0 spiro atoms. The van der Waals surface area contributed by atoms with Crippen molar-refractivity contribution in [1.29, 1.82) is 0 Å². The molecule has 0 atom stereocenters. The Kier molecular flexibility index (Phi) is 2.21. The molecule has 0 bridgehead atoms. The van der Waals surface area contributed by atoms with Crippen molar-refractivity contribution < 1.29 is 5.11 Å². The number of benzene rings is 1. The fraction of sp³-hybridized carbons (Fsp3) is 0.455. The molecule has 0 aliphatic carbocycles. The molecule has 1 aromatic rings. The van der Waals surface area contributed by atoms with Crippen LogP contribution in [0, 0.1) is 0 Å². The predicted molar refractivity (Wildman–Crippen MR) is 57.5 cm³/mol. The SMILES string of the molecule is CN(C)c1ccc(C2(O)CNC2)cc1. The highest BCUT2D eigenvalue weighted by molar-refractivity contribution is 5.47. The average Bonchev–Trinajstić information content (AvgIpc) is 2.14. The first-order chi connectivity index (χ1) is 6.62. The van der Waals surface area contributed by atoms with Gasteiger partial charge in [-0.1, -0.05) is 12.1 Å². The lowest BCUT2D eigenvalue weighted by Gasteiger charge is -2.38. The number of nitrogens with one attached hydrogen (secondary N) is 1. The van der Waals surface area contributed by atoms with Gasteiger partial charge in [0.25, 0.3) is 0 Å². The summed E-state index contributed by atoms with van der Waals surface area (Å²) in [5, 5.41) is 13.1. The van der Waals surface area contributed by atoms with Crippen LogP contribution in [0.1, 0.15) is 5.56 Å².